The first-order valence-electron chi connectivity index (χ1n) is 7.92. The van der Waals surface area contributed by atoms with Crippen molar-refractivity contribution in [1.29, 1.82) is 0 Å². The van der Waals surface area contributed by atoms with Crippen LogP contribution in [0.3, 0.4) is 0 Å². The molecule has 0 radical (unpaired) electrons. The molecule has 0 aliphatic rings. The van der Waals surface area contributed by atoms with E-state index in [2.05, 4.69) is 17.4 Å². The fourth-order valence-electron chi connectivity index (χ4n) is 2.17. The van der Waals surface area contributed by atoms with E-state index in [1.54, 1.807) is 17.8 Å². The normalized spacial score (nSPS) is 11.2. The summed E-state index contributed by atoms with van der Waals surface area (Å²) in [5.41, 5.74) is 1.89. The molecule has 26 heavy (non-hydrogen) atoms. The monoisotopic (exact) mass is 412 g/mol. The van der Waals surface area contributed by atoms with E-state index >= 15 is 0 Å². The molecule has 0 spiro atoms. The Morgan fingerprint density at radius 3 is 2.54 bits per heavy atom. The third-order valence-corrected chi connectivity index (χ3v) is 6.26. The number of halogens is 1. The van der Waals surface area contributed by atoms with Crippen LogP contribution < -0.4 is 9.62 Å². The van der Waals surface area contributed by atoms with Crippen molar-refractivity contribution in [2.45, 2.75) is 5.75 Å². The Hall–Kier alpha value is -1.70. The van der Waals surface area contributed by atoms with Gasteiger partial charge in [-0.25, -0.2) is 8.42 Å². The second-order valence-corrected chi connectivity index (χ2v) is 9.21. The maximum absolute atomic E-state index is 12.4. The lowest BCUT2D eigenvalue weighted by Gasteiger charge is -2.18. The molecule has 2 aromatic carbocycles. The molecular weight excluding hydrogens is 392 g/mol. The predicted molar refractivity (Wildman–Crippen MR) is 110 cm³/mol. The van der Waals surface area contributed by atoms with Crippen LogP contribution in [-0.2, 0) is 15.8 Å². The number of carbonyl (C=O) groups excluding carboxylic acids is 1. The van der Waals surface area contributed by atoms with E-state index in [9.17, 15) is 13.2 Å². The number of thioether (sulfide) groups is 1. The number of carbonyl (C=O) groups is 1. The summed E-state index contributed by atoms with van der Waals surface area (Å²) in [5, 5.41) is 3.10. The van der Waals surface area contributed by atoms with Gasteiger partial charge in [-0.3, -0.25) is 9.10 Å². The lowest BCUT2D eigenvalue weighted by molar-refractivity contribution is 0.0956. The van der Waals surface area contributed by atoms with Gasteiger partial charge < -0.3 is 5.32 Å². The Kier molecular flexibility index (Phi) is 7.37. The molecular formula is C18H21ClN2O3S2. The molecule has 0 saturated heterocycles. The summed E-state index contributed by atoms with van der Waals surface area (Å²) in [7, 11) is -1.98. The molecule has 0 heterocycles. The number of anilines is 1. The third-order valence-electron chi connectivity index (χ3n) is 3.70. The molecule has 5 nitrogen and oxygen atoms in total. The van der Waals surface area contributed by atoms with Crippen LogP contribution in [0.2, 0.25) is 5.02 Å². The summed E-state index contributed by atoms with van der Waals surface area (Å²) in [4.78, 5) is 12.4. The zero-order chi connectivity index (χ0) is 19.2. The van der Waals surface area contributed by atoms with Gasteiger partial charge in [0, 0.05) is 25.1 Å². The van der Waals surface area contributed by atoms with Crippen LogP contribution in [0, 0.1) is 0 Å². The smallest absolute Gasteiger partial charge is 0.252 e. The van der Waals surface area contributed by atoms with Crippen LogP contribution in [0.25, 0.3) is 0 Å². The van der Waals surface area contributed by atoms with E-state index < -0.39 is 10.0 Å². The highest BCUT2D eigenvalue weighted by molar-refractivity contribution is 7.98. The molecule has 0 aromatic heterocycles. The second kappa shape index (κ2) is 9.30. The number of sulfonamides is 1. The largest absolute Gasteiger partial charge is 0.351 e. The van der Waals surface area contributed by atoms with Crippen LogP contribution >= 0.6 is 23.4 Å². The SMILES string of the molecule is CN(c1ccc(Cl)c(C(=O)NCCSCc2ccccc2)c1)S(C)(=O)=O. The third kappa shape index (κ3) is 5.93. The van der Waals surface area contributed by atoms with Crippen molar-refractivity contribution in [2.24, 2.45) is 0 Å². The van der Waals surface area contributed by atoms with Crippen LogP contribution in [-0.4, -0.2) is 39.9 Å². The summed E-state index contributed by atoms with van der Waals surface area (Å²) < 4.78 is 24.4. The van der Waals surface area contributed by atoms with Crippen LogP contribution in [0.5, 0.6) is 0 Å². The lowest BCUT2D eigenvalue weighted by atomic mass is 10.2. The number of nitrogens with zero attached hydrogens (tertiary/aromatic N) is 1. The highest BCUT2D eigenvalue weighted by atomic mass is 35.5. The van der Waals surface area contributed by atoms with Crippen molar-refractivity contribution in [3.63, 3.8) is 0 Å². The van der Waals surface area contributed by atoms with Crippen molar-refractivity contribution in [2.75, 3.05) is 29.9 Å². The number of hydrogen-bond acceptors (Lipinski definition) is 4. The fraction of sp³-hybridized carbons (Fsp3) is 0.278. The van der Waals surface area contributed by atoms with Crippen molar-refractivity contribution in [3.05, 3.63) is 64.7 Å². The van der Waals surface area contributed by atoms with E-state index in [1.165, 1.54) is 24.7 Å². The Morgan fingerprint density at radius 1 is 1.19 bits per heavy atom. The Labute approximate surface area is 163 Å². The van der Waals surface area contributed by atoms with Gasteiger partial charge in [0.25, 0.3) is 5.91 Å². The van der Waals surface area contributed by atoms with Gasteiger partial charge in [0.15, 0.2) is 0 Å². The van der Waals surface area contributed by atoms with Crippen LogP contribution in [0.15, 0.2) is 48.5 Å². The predicted octanol–water partition coefficient (Wildman–Crippen LogP) is 3.40. The van der Waals surface area contributed by atoms with E-state index in [0.29, 0.717) is 12.2 Å². The fourth-order valence-corrected chi connectivity index (χ4v) is 3.69. The van der Waals surface area contributed by atoms with Gasteiger partial charge >= 0.3 is 0 Å². The van der Waals surface area contributed by atoms with Crippen LogP contribution in [0.1, 0.15) is 15.9 Å². The number of nitrogens with one attached hydrogen (secondary N) is 1. The number of hydrogen-bond donors (Lipinski definition) is 1. The number of rotatable bonds is 8. The first-order chi connectivity index (χ1) is 12.3. The minimum absolute atomic E-state index is 0.257. The van der Waals surface area contributed by atoms with Gasteiger partial charge in [-0.1, -0.05) is 41.9 Å². The van der Waals surface area contributed by atoms with E-state index in [1.807, 2.05) is 18.2 Å². The summed E-state index contributed by atoms with van der Waals surface area (Å²) in [6, 6.07) is 14.7. The molecule has 1 N–H and O–H groups in total. The molecule has 1 amide bonds. The zero-order valence-electron chi connectivity index (χ0n) is 14.6. The number of amides is 1. The van der Waals surface area contributed by atoms with Gasteiger partial charge in [-0.2, -0.15) is 11.8 Å². The summed E-state index contributed by atoms with van der Waals surface area (Å²) in [6.45, 7) is 0.499. The van der Waals surface area contributed by atoms with Gasteiger partial charge in [0.1, 0.15) is 0 Å². The average Bonchev–Trinajstić information content (AvgIpc) is 2.61. The summed E-state index contributed by atoms with van der Waals surface area (Å²) in [6.07, 6.45) is 1.10. The molecule has 0 unspecified atom stereocenters. The Morgan fingerprint density at radius 2 is 1.88 bits per heavy atom. The van der Waals surface area contributed by atoms with E-state index in [0.717, 1.165) is 22.1 Å². The highest BCUT2D eigenvalue weighted by Gasteiger charge is 2.16. The van der Waals surface area contributed by atoms with E-state index in [-0.39, 0.29) is 16.5 Å². The van der Waals surface area contributed by atoms with Crippen LogP contribution in [0.4, 0.5) is 5.69 Å². The second-order valence-electron chi connectivity index (χ2n) is 5.69. The molecule has 0 aliphatic carbocycles. The number of benzene rings is 2. The standard InChI is InChI=1S/C18H21ClN2O3S2/c1-21(26(2,23)24)15-8-9-17(19)16(12-15)18(22)20-10-11-25-13-14-6-4-3-5-7-14/h3-9,12H,10-11,13H2,1-2H3,(H,20,22). The molecule has 0 saturated carbocycles. The zero-order valence-corrected chi connectivity index (χ0v) is 17.0. The Balaban J connectivity index is 1.90. The van der Waals surface area contributed by atoms with Crippen molar-refractivity contribution >= 4 is 45.0 Å². The minimum Gasteiger partial charge on any atom is -0.351 e. The maximum atomic E-state index is 12.4. The van der Waals surface area contributed by atoms with Crippen molar-refractivity contribution in [3.8, 4) is 0 Å². The molecule has 0 bridgehead atoms. The topological polar surface area (TPSA) is 66.5 Å². The minimum atomic E-state index is -3.41. The molecule has 0 fully saturated rings. The lowest BCUT2D eigenvalue weighted by Crippen LogP contribution is -2.28. The summed E-state index contributed by atoms with van der Waals surface area (Å²) >= 11 is 7.82. The molecule has 8 heteroatoms. The quantitative estimate of drug-likeness (QED) is 0.675. The van der Waals surface area contributed by atoms with Gasteiger partial charge in [0.05, 0.1) is 22.5 Å². The molecule has 140 valence electrons. The molecule has 2 aromatic rings. The summed E-state index contributed by atoms with van der Waals surface area (Å²) in [5.74, 6) is 1.33. The van der Waals surface area contributed by atoms with E-state index in [4.69, 9.17) is 11.6 Å². The average molecular weight is 413 g/mol. The first kappa shape index (κ1) is 20.6. The van der Waals surface area contributed by atoms with Gasteiger partial charge in [-0.05, 0) is 23.8 Å². The maximum Gasteiger partial charge on any atom is 0.252 e. The molecule has 0 aliphatic heterocycles. The highest BCUT2D eigenvalue weighted by Crippen LogP contribution is 2.24. The van der Waals surface area contributed by atoms with Gasteiger partial charge in [0.2, 0.25) is 10.0 Å². The first-order valence-corrected chi connectivity index (χ1v) is 11.3. The molecule has 0 atom stereocenters. The Bertz CT molecular complexity index is 858. The molecule has 2 rings (SSSR count). The van der Waals surface area contributed by atoms with Crippen molar-refractivity contribution in [1.82, 2.24) is 5.32 Å². The van der Waals surface area contributed by atoms with Gasteiger partial charge in [-0.15, -0.1) is 0 Å². The van der Waals surface area contributed by atoms with Crippen molar-refractivity contribution < 1.29 is 13.2 Å².